The van der Waals surface area contributed by atoms with E-state index in [1.807, 2.05) is 54.2 Å². The van der Waals surface area contributed by atoms with Gasteiger partial charge in [0.05, 0.1) is 22.9 Å². The fourth-order valence-corrected chi connectivity index (χ4v) is 9.77. The summed E-state index contributed by atoms with van der Waals surface area (Å²) < 4.78 is 1.93. The predicted molar refractivity (Wildman–Crippen MR) is 155 cm³/mol. The van der Waals surface area contributed by atoms with E-state index in [-0.39, 0.29) is 5.41 Å². The lowest BCUT2D eigenvalue weighted by Crippen LogP contribution is -2.29. The van der Waals surface area contributed by atoms with Gasteiger partial charge in [-0.05, 0) is 42.8 Å². The van der Waals surface area contributed by atoms with Gasteiger partial charge in [0, 0.05) is 41.1 Å². The van der Waals surface area contributed by atoms with Gasteiger partial charge in [-0.2, -0.15) is 5.10 Å². The highest BCUT2D eigenvalue weighted by Crippen LogP contribution is 2.61. The van der Waals surface area contributed by atoms with Crippen LogP contribution in [-0.4, -0.2) is 23.0 Å². The van der Waals surface area contributed by atoms with Crippen LogP contribution in [0.5, 0.6) is 0 Å². The summed E-state index contributed by atoms with van der Waals surface area (Å²) in [5, 5.41) is 10.9. The van der Waals surface area contributed by atoms with Crippen LogP contribution < -0.4 is 15.3 Å². The third-order valence-electron chi connectivity index (χ3n) is 7.14. The number of para-hydroxylation sites is 3. The summed E-state index contributed by atoms with van der Waals surface area (Å²) in [4.78, 5) is 7.33. The Hall–Kier alpha value is -3.47. The van der Waals surface area contributed by atoms with Gasteiger partial charge in [0.1, 0.15) is 0 Å². The Labute approximate surface area is 217 Å². The smallest absolute Gasteiger partial charge is 0.166 e. The Balaban J connectivity index is 1.64. The van der Waals surface area contributed by atoms with Crippen molar-refractivity contribution in [1.82, 2.24) is 9.78 Å². The number of nitrogens with zero attached hydrogens (tertiary/aromatic N) is 4. The van der Waals surface area contributed by atoms with Gasteiger partial charge in [0.2, 0.25) is 0 Å². The van der Waals surface area contributed by atoms with Gasteiger partial charge in [-0.25, -0.2) is 9.67 Å². The zero-order chi connectivity index (χ0) is 25.1. The van der Waals surface area contributed by atoms with Gasteiger partial charge in [-0.1, -0.05) is 80.3 Å². The quantitative estimate of drug-likeness (QED) is 0.314. The minimum absolute atomic E-state index is 0.226. The van der Waals surface area contributed by atoms with E-state index >= 15 is 0 Å². The molecule has 0 amide bonds. The van der Waals surface area contributed by atoms with E-state index < -0.39 is 6.19 Å². The van der Waals surface area contributed by atoms with Crippen LogP contribution in [0.15, 0.2) is 101 Å². The van der Waals surface area contributed by atoms with E-state index in [0.717, 1.165) is 33.5 Å². The molecule has 0 saturated carbocycles. The minimum Gasteiger partial charge on any atom is -0.351 e. The molecule has 2 aliphatic rings. The van der Waals surface area contributed by atoms with Gasteiger partial charge >= 0.3 is 0 Å². The van der Waals surface area contributed by atoms with Crippen LogP contribution in [-0.2, 0) is 17.2 Å². The molecular formula is C29H28N5PS. The Bertz CT molecular complexity index is 1580. The number of fused-ring (bicyclic) bond motifs is 2. The van der Waals surface area contributed by atoms with E-state index in [4.69, 9.17) is 21.9 Å². The Morgan fingerprint density at radius 2 is 1.53 bits per heavy atom. The van der Waals surface area contributed by atoms with E-state index in [1.54, 1.807) is 0 Å². The van der Waals surface area contributed by atoms with Gasteiger partial charge in [0.25, 0.3) is 0 Å². The molecule has 4 aromatic rings. The van der Waals surface area contributed by atoms with E-state index in [9.17, 15) is 0 Å². The number of aromatic nitrogens is 2. The second kappa shape index (κ2) is 8.29. The average molecular weight is 510 g/mol. The van der Waals surface area contributed by atoms with Crippen molar-refractivity contribution >= 4 is 46.7 Å². The van der Waals surface area contributed by atoms with Crippen molar-refractivity contribution in [2.24, 2.45) is 4.99 Å². The fourth-order valence-electron chi connectivity index (χ4n) is 5.54. The number of hydrogen-bond donors (Lipinski definition) is 1. The number of allylic oxidation sites excluding steroid dienone is 2. The summed E-state index contributed by atoms with van der Waals surface area (Å²) in [6.07, 6.45) is -0.580. The number of rotatable bonds is 3. The van der Waals surface area contributed by atoms with Crippen LogP contribution in [0.3, 0.4) is 0 Å². The molecule has 0 fully saturated rings. The van der Waals surface area contributed by atoms with E-state index in [0.29, 0.717) is 0 Å². The minimum atomic E-state index is -2.58. The van der Waals surface area contributed by atoms with Crippen molar-refractivity contribution in [1.29, 1.82) is 0 Å². The number of aryl methyl sites for hydroxylation is 1. The highest BCUT2D eigenvalue weighted by atomic mass is 32.4. The van der Waals surface area contributed by atoms with Crippen molar-refractivity contribution in [3.05, 3.63) is 107 Å². The molecule has 1 aromatic heterocycles. The normalized spacial score (nSPS) is 21.8. The monoisotopic (exact) mass is 509 g/mol. The molecular weight excluding hydrogens is 481 g/mol. The van der Waals surface area contributed by atoms with Crippen molar-refractivity contribution in [2.45, 2.75) is 26.2 Å². The first-order chi connectivity index (χ1) is 17.3. The number of likely N-dealkylation sites (N-methyl/N-ethyl adjacent to an activating group) is 1. The Morgan fingerprint density at radius 3 is 2.22 bits per heavy atom. The molecule has 3 aromatic carbocycles. The van der Waals surface area contributed by atoms with Gasteiger partial charge in [-0.3, -0.25) is 0 Å². The maximum Gasteiger partial charge on any atom is 0.166 e. The molecule has 0 bridgehead atoms. The topological polar surface area (TPSA) is 45.5 Å². The standard InChI is InChI=1S/C29H28N5PS/c1-20-26-28(34(31-20)22-15-9-6-10-16-22)30-19-25(35(26,36)32-21-13-7-5-8-14-21)27-29(2,3)23-17-11-12-18-24(23)33(27)4/h5-19H,1-4H3,(H,32,36)/b27-25+. The van der Waals surface area contributed by atoms with Crippen molar-refractivity contribution in [3.8, 4) is 5.69 Å². The van der Waals surface area contributed by atoms with E-state index in [2.05, 4.69) is 79.4 Å². The van der Waals surface area contributed by atoms with Crippen LogP contribution >= 0.6 is 6.19 Å². The number of benzene rings is 3. The van der Waals surface area contributed by atoms with Crippen LogP contribution in [0.1, 0.15) is 25.1 Å². The van der Waals surface area contributed by atoms with Gasteiger partial charge in [-0.15, -0.1) is 0 Å². The molecule has 0 spiro atoms. The molecule has 0 radical (unpaired) electrons. The van der Waals surface area contributed by atoms with Crippen molar-refractivity contribution in [2.75, 3.05) is 17.0 Å². The molecule has 3 heterocycles. The summed E-state index contributed by atoms with van der Waals surface area (Å²) in [6.45, 7) is 6.61. The van der Waals surface area contributed by atoms with Crippen molar-refractivity contribution < 1.29 is 0 Å². The summed E-state index contributed by atoms with van der Waals surface area (Å²) in [7, 11) is 2.14. The highest BCUT2D eigenvalue weighted by molar-refractivity contribution is 8.21. The summed E-state index contributed by atoms with van der Waals surface area (Å²) in [5.41, 5.74) is 6.36. The maximum atomic E-state index is 6.74. The molecule has 6 rings (SSSR count). The fraction of sp³-hybridized carbons (Fsp3) is 0.172. The Morgan fingerprint density at radius 1 is 0.889 bits per heavy atom. The first kappa shape index (κ1) is 23.0. The zero-order valence-electron chi connectivity index (χ0n) is 20.8. The molecule has 2 aliphatic heterocycles. The third kappa shape index (κ3) is 3.32. The molecule has 1 unspecified atom stereocenters. The first-order valence-electron chi connectivity index (χ1n) is 12.0. The van der Waals surface area contributed by atoms with Crippen LogP contribution in [0.25, 0.3) is 5.69 Å². The maximum absolute atomic E-state index is 6.74. The van der Waals surface area contributed by atoms with E-state index in [1.165, 1.54) is 16.9 Å². The first-order valence-corrected chi connectivity index (χ1v) is 14.8. The lowest BCUT2D eigenvalue weighted by atomic mass is 9.84. The Kier molecular flexibility index (Phi) is 5.29. The molecule has 0 saturated heterocycles. The molecule has 5 nitrogen and oxygen atoms in total. The number of hydrogen-bond acceptors (Lipinski definition) is 4. The van der Waals surface area contributed by atoms with Crippen LogP contribution in [0.4, 0.5) is 17.2 Å². The molecule has 0 aliphatic carbocycles. The SMILES string of the molecule is Cc1nn(-c2ccccc2)c2c1P(=S)(Nc1ccccc1)/C(=C1/N(C)c3ccccc3C1(C)C)C=N2. The van der Waals surface area contributed by atoms with Gasteiger partial charge < -0.3 is 9.99 Å². The molecule has 1 N–H and O–H groups in total. The zero-order valence-corrected chi connectivity index (χ0v) is 22.5. The van der Waals surface area contributed by atoms with Crippen LogP contribution in [0, 0.1) is 6.92 Å². The third-order valence-corrected chi connectivity index (χ3v) is 11.3. The second-order valence-corrected chi connectivity index (χ2v) is 13.8. The molecule has 1 atom stereocenters. The molecule has 180 valence electrons. The van der Waals surface area contributed by atoms with Crippen molar-refractivity contribution in [3.63, 3.8) is 0 Å². The number of aliphatic imine (C=N–C) groups is 1. The average Bonchev–Trinajstić information content (AvgIpc) is 3.33. The molecule has 7 heteroatoms. The number of anilines is 2. The molecule has 36 heavy (non-hydrogen) atoms. The summed E-state index contributed by atoms with van der Waals surface area (Å²) in [6, 6.07) is 29.0. The largest absolute Gasteiger partial charge is 0.351 e. The lowest BCUT2D eigenvalue weighted by molar-refractivity contribution is 0.639. The van der Waals surface area contributed by atoms with Crippen LogP contribution in [0.2, 0.25) is 0 Å². The van der Waals surface area contributed by atoms with Gasteiger partial charge in [0.15, 0.2) is 5.82 Å². The lowest BCUT2D eigenvalue weighted by Gasteiger charge is -2.35. The summed E-state index contributed by atoms with van der Waals surface area (Å²) in [5.74, 6) is 0.811. The summed E-state index contributed by atoms with van der Waals surface area (Å²) >= 11 is 6.74. The predicted octanol–water partition coefficient (Wildman–Crippen LogP) is 6.67. The highest BCUT2D eigenvalue weighted by Gasteiger charge is 2.45. The second-order valence-electron chi connectivity index (χ2n) is 9.79. The number of nitrogens with one attached hydrogen (secondary N) is 1.